The summed E-state index contributed by atoms with van der Waals surface area (Å²) in [7, 11) is 0. The van der Waals surface area contributed by atoms with Crippen molar-refractivity contribution in [3.63, 3.8) is 0 Å². The van der Waals surface area contributed by atoms with Crippen LogP contribution in [0, 0.1) is 0 Å². The monoisotopic (exact) mass is 715 g/mol. The number of rotatable bonds is 8. The van der Waals surface area contributed by atoms with E-state index in [1.54, 1.807) is 0 Å². The molecule has 0 amide bonds. The number of fused-ring (bicyclic) bond motifs is 3. The third-order valence-electron chi connectivity index (χ3n) is 10.7. The molecule has 9 aromatic carbocycles. The second-order valence-electron chi connectivity index (χ2n) is 14.0. The number of hydrogen-bond acceptors (Lipinski definition) is 2. The van der Waals surface area contributed by atoms with Crippen molar-refractivity contribution in [1.82, 2.24) is 0 Å². The Kier molecular flexibility index (Phi) is 8.55. The maximum atomic E-state index is 6.47. The van der Waals surface area contributed by atoms with Crippen LogP contribution in [0.25, 0.3) is 77.6 Å². The van der Waals surface area contributed by atoms with E-state index in [1.165, 1.54) is 38.9 Å². The molecular formula is C54H37NO. The van der Waals surface area contributed by atoms with Crippen LogP contribution in [-0.2, 0) is 0 Å². The van der Waals surface area contributed by atoms with Gasteiger partial charge in [-0.15, -0.1) is 0 Å². The molecule has 0 bridgehead atoms. The zero-order chi connectivity index (χ0) is 37.3. The lowest BCUT2D eigenvalue weighted by Crippen LogP contribution is -2.11. The second kappa shape index (κ2) is 14.4. The molecule has 1 heterocycles. The predicted molar refractivity (Wildman–Crippen MR) is 236 cm³/mol. The minimum absolute atomic E-state index is 0.858. The first kappa shape index (κ1) is 33.2. The molecule has 0 unspecified atom stereocenters. The van der Waals surface area contributed by atoms with Crippen LogP contribution in [0.15, 0.2) is 229 Å². The molecule has 0 aliphatic rings. The van der Waals surface area contributed by atoms with Gasteiger partial charge in [0.1, 0.15) is 11.2 Å². The van der Waals surface area contributed by atoms with Gasteiger partial charge in [0.2, 0.25) is 0 Å². The van der Waals surface area contributed by atoms with Crippen LogP contribution in [-0.4, -0.2) is 0 Å². The summed E-state index contributed by atoms with van der Waals surface area (Å²) in [6.07, 6.45) is 0. The minimum Gasteiger partial charge on any atom is -0.456 e. The molecule has 0 atom stereocenters. The van der Waals surface area contributed by atoms with E-state index in [0.29, 0.717) is 0 Å². The minimum atomic E-state index is 0.858. The zero-order valence-corrected chi connectivity index (χ0v) is 30.7. The van der Waals surface area contributed by atoms with Crippen molar-refractivity contribution in [2.24, 2.45) is 0 Å². The average Bonchev–Trinajstić information content (AvgIpc) is 3.67. The summed E-state index contributed by atoms with van der Waals surface area (Å²) in [5.74, 6) is 0. The largest absolute Gasteiger partial charge is 0.456 e. The van der Waals surface area contributed by atoms with Gasteiger partial charge in [-0.05, 0) is 86.5 Å². The van der Waals surface area contributed by atoms with Crippen LogP contribution in [0.3, 0.4) is 0 Å². The number of nitrogens with zero attached hydrogens (tertiary/aromatic N) is 1. The molecule has 0 aliphatic carbocycles. The number of furan rings is 1. The lowest BCUT2D eigenvalue weighted by molar-refractivity contribution is 0.669. The van der Waals surface area contributed by atoms with Gasteiger partial charge in [0.25, 0.3) is 0 Å². The summed E-state index contributed by atoms with van der Waals surface area (Å²) in [5.41, 5.74) is 16.8. The summed E-state index contributed by atoms with van der Waals surface area (Å²) in [5, 5.41) is 2.17. The van der Waals surface area contributed by atoms with Gasteiger partial charge in [-0.25, -0.2) is 0 Å². The smallest absolute Gasteiger partial charge is 0.137 e. The third kappa shape index (κ3) is 5.95. The highest BCUT2D eigenvalue weighted by molar-refractivity contribution is 6.14. The Balaban J connectivity index is 1.18. The average molecular weight is 716 g/mol. The third-order valence-corrected chi connectivity index (χ3v) is 10.7. The van der Waals surface area contributed by atoms with E-state index in [1.807, 2.05) is 6.07 Å². The van der Waals surface area contributed by atoms with Gasteiger partial charge in [-0.1, -0.05) is 188 Å². The normalized spacial score (nSPS) is 11.2. The van der Waals surface area contributed by atoms with Crippen LogP contribution in [0.2, 0.25) is 0 Å². The van der Waals surface area contributed by atoms with Gasteiger partial charge < -0.3 is 9.32 Å². The van der Waals surface area contributed by atoms with Crippen LogP contribution in [0.5, 0.6) is 0 Å². The molecule has 264 valence electrons. The quantitative estimate of drug-likeness (QED) is 0.156. The Morgan fingerprint density at radius 3 is 1.30 bits per heavy atom. The Hall–Kier alpha value is -7.42. The number of para-hydroxylation sites is 2. The predicted octanol–water partition coefficient (Wildman–Crippen LogP) is 15.4. The highest BCUT2D eigenvalue weighted by Crippen LogP contribution is 2.48. The van der Waals surface area contributed by atoms with E-state index < -0.39 is 0 Å². The maximum absolute atomic E-state index is 6.47. The first-order valence-electron chi connectivity index (χ1n) is 19.1. The molecule has 1 aromatic heterocycles. The highest BCUT2D eigenvalue weighted by atomic mass is 16.3. The van der Waals surface area contributed by atoms with E-state index in [0.717, 1.165) is 55.7 Å². The van der Waals surface area contributed by atoms with Gasteiger partial charge in [0, 0.05) is 16.6 Å². The highest BCUT2D eigenvalue weighted by Gasteiger charge is 2.23. The lowest BCUT2D eigenvalue weighted by atomic mass is 9.88. The van der Waals surface area contributed by atoms with Crippen molar-refractivity contribution < 1.29 is 4.42 Å². The summed E-state index contributed by atoms with van der Waals surface area (Å²) >= 11 is 0. The molecule has 0 radical (unpaired) electrons. The first-order valence-corrected chi connectivity index (χ1v) is 19.1. The topological polar surface area (TPSA) is 16.4 Å². The molecule has 0 spiro atoms. The van der Waals surface area contributed by atoms with Gasteiger partial charge in [0.15, 0.2) is 0 Å². The molecular weight excluding hydrogens is 679 g/mol. The molecule has 10 aromatic rings. The van der Waals surface area contributed by atoms with E-state index in [9.17, 15) is 0 Å². The summed E-state index contributed by atoms with van der Waals surface area (Å²) in [4.78, 5) is 2.41. The number of hydrogen-bond donors (Lipinski definition) is 0. The van der Waals surface area contributed by atoms with Crippen molar-refractivity contribution in [3.05, 3.63) is 224 Å². The van der Waals surface area contributed by atoms with Crippen molar-refractivity contribution in [2.45, 2.75) is 0 Å². The molecule has 0 N–H and O–H groups in total. The molecule has 0 fully saturated rings. The Morgan fingerprint density at radius 2 is 0.679 bits per heavy atom. The lowest BCUT2D eigenvalue weighted by Gasteiger charge is -2.29. The van der Waals surface area contributed by atoms with E-state index in [2.05, 4.69) is 223 Å². The Labute approximate surface area is 327 Å². The molecule has 0 aliphatic heterocycles. The molecule has 2 heteroatoms. The molecule has 10 rings (SSSR count). The van der Waals surface area contributed by atoms with Gasteiger partial charge in [-0.3, -0.25) is 0 Å². The summed E-state index contributed by atoms with van der Waals surface area (Å²) in [6, 6.07) is 80.0. The SMILES string of the molecule is c1ccc(-c2ccccc2-c2ccc(N(c3ccccc3-c3ccccc3-c3ccccc3-c3ccccc3)c3cccc4oc5ccccc5c34)cc2)cc1. The molecule has 2 nitrogen and oxygen atoms in total. The van der Waals surface area contributed by atoms with Gasteiger partial charge in [0.05, 0.1) is 16.8 Å². The van der Waals surface area contributed by atoms with E-state index in [4.69, 9.17) is 4.42 Å². The van der Waals surface area contributed by atoms with Crippen LogP contribution in [0.1, 0.15) is 0 Å². The Morgan fingerprint density at radius 1 is 0.268 bits per heavy atom. The summed E-state index contributed by atoms with van der Waals surface area (Å²) < 4.78 is 6.47. The standard InChI is InChI=1S/C54H37NO/c1-3-18-38(19-4-1)42-22-7-8-23-43(42)40-34-36-41(37-35-40)55(51-31-17-33-53-54(51)49-29-14-16-32-52(49)56-53)50-30-15-13-28-48(50)47-27-12-11-26-46(47)45-25-10-9-24-44(45)39-20-5-2-6-21-39/h1-37H. The van der Waals surface area contributed by atoms with E-state index >= 15 is 0 Å². The molecule has 56 heavy (non-hydrogen) atoms. The van der Waals surface area contributed by atoms with E-state index in [-0.39, 0.29) is 0 Å². The van der Waals surface area contributed by atoms with Crippen molar-refractivity contribution >= 4 is 39.0 Å². The van der Waals surface area contributed by atoms with Crippen LogP contribution >= 0.6 is 0 Å². The first-order chi connectivity index (χ1) is 27.8. The zero-order valence-electron chi connectivity index (χ0n) is 30.7. The Bertz CT molecular complexity index is 2960. The van der Waals surface area contributed by atoms with Crippen molar-refractivity contribution in [2.75, 3.05) is 4.90 Å². The fourth-order valence-corrected chi connectivity index (χ4v) is 8.18. The molecule has 0 saturated heterocycles. The maximum Gasteiger partial charge on any atom is 0.137 e. The molecule has 0 saturated carbocycles. The van der Waals surface area contributed by atoms with Crippen molar-refractivity contribution in [1.29, 1.82) is 0 Å². The van der Waals surface area contributed by atoms with Crippen LogP contribution < -0.4 is 4.90 Å². The van der Waals surface area contributed by atoms with Gasteiger partial charge in [-0.2, -0.15) is 0 Å². The van der Waals surface area contributed by atoms with Crippen LogP contribution in [0.4, 0.5) is 17.1 Å². The summed E-state index contributed by atoms with van der Waals surface area (Å²) in [6.45, 7) is 0. The van der Waals surface area contributed by atoms with Crippen molar-refractivity contribution in [3.8, 4) is 55.6 Å². The fraction of sp³-hybridized carbons (Fsp3) is 0. The number of anilines is 3. The van der Waals surface area contributed by atoms with Gasteiger partial charge >= 0.3 is 0 Å². The fourth-order valence-electron chi connectivity index (χ4n) is 8.18. The number of benzene rings is 9. The second-order valence-corrected chi connectivity index (χ2v) is 14.0.